The molecule has 1 aromatic heterocycles. The number of allylic oxidation sites excluding steroid dienone is 4. The van der Waals surface area contributed by atoms with Crippen molar-refractivity contribution in [1.82, 2.24) is 10.3 Å². The van der Waals surface area contributed by atoms with Gasteiger partial charge in [0, 0.05) is 36.9 Å². The van der Waals surface area contributed by atoms with Crippen LogP contribution in [0.25, 0.3) is 11.4 Å². The van der Waals surface area contributed by atoms with E-state index in [1.807, 2.05) is 12.3 Å². The second-order valence-electron chi connectivity index (χ2n) is 9.65. The predicted octanol–water partition coefficient (Wildman–Crippen LogP) is 6.88. The Kier molecular flexibility index (Phi) is 8.68. The molecule has 186 valence electrons. The molecule has 1 fully saturated rings. The minimum Gasteiger partial charge on any atom is -0.385 e. The average Bonchev–Trinajstić information content (AvgIpc) is 3.47. The predicted molar refractivity (Wildman–Crippen MR) is 154 cm³/mol. The zero-order valence-electron chi connectivity index (χ0n) is 21.5. The molecule has 0 amide bonds. The summed E-state index contributed by atoms with van der Waals surface area (Å²) in [4.78, 5) is 6.97. The molecular formula is C32H38N4. The fraction of sp³-hybridized carbons (Fsp3) is 0.344. The third-order valence-electron chi connectivity index (χ3n) is 7.17. The summed E-state index contributed by atoms with van der Waals surface area (Å²) in [6, 6.07) is 12.5. The van der Waals surface area contributed by atoms with Crippen LogP contribution in [0.4, 0.5) is 11.5 Å². The van der Waals surface area contributed by atoms with Crippen LogP contribution in [-0.2, 0) is 0 Å². The van der Waals surface area contributed by atoms with Crippen LogP contribution in [0.15, 0.2) is 79.6 Å². The monoisotopic (exact) mass is 478 g/mol. The maximum absolute atomic E-state index is 5.56. The van der Waals surface area contributed by atoms with E-state index in [-0.39, 0.29) is 5.92 Å². The summed E-state index contributed by atoms with van der Waals surface area (Å²) in [7, 11) is 0. The molecule has 1 aliphatic carbocycles. The molecule has 2 atom stereocenters. The van der Waals surface area contributed by atoms with E-state index in [2.05, 4.69) is 95.1 Å². The van der Waals surface area contributed by atoms with Gasteiger partial charge in [0.05, 0.1) is 11.9 Å². The van der Waals surface area contributed by atoms with Crippen LogP contribution in [-0.4, -0.2) is 24.6 Å². The SMILES string of the molecule is C#CC1C=CC(C(CC)CCNC(=C)c2cccc(C(=C)Nc3ccc(N4CCCC4)nc3)c2)=CC1. The first kappa shape index (κ1) is 25.4. The van der Waals surface area contributed by atoms with Crippen LogP contribution in [0, 0.1) is 24.2 Å². The summed E-state index contributed by atoms with van der Waals surface area (Å²) in [5.74, 6) is 4.64. The van der Waals surface area contributed by atoms with Gasteiger partial charge in [-0.2, -0.15) is 0 Å². The van der Waals surface area contributed by atoms with E-state index < -0.39 is 0 Å². The van der Waals surface area contributed by atoms with Gasteiger partial charge in [-0.05, 0) is 72.9 Å². The molecule has 2 aliphatic rings. The van der Waals surface area contributed by atoms with E-state index in [9.17, 15) is 0 Å². The van der Waals surface area contributed by atoms with E-state index >= 15 is 0 Å². The smallest absolute Gasteiger partial charge is 0.128 e. The molecule has 0 spiro atoms. The minimum atomic E-state index is 0.242. The van der Waals surface area contributed by atoms with Crippen molar-refractivity contribution < 1.29 is 0 Å². The molecule has 2 N–H and O–H groups in total. The Morgan fingerprint density at radius 1 is 1.17 bits per heavy atom. The maximum Gasteiger partial charge on any atom is 0.128 e. The first-order chi connectivity index (χ1) is 17.6. The average molecular weight is 479 g/mol. The molecule has 1 saturated heterocycles. The topological polar surface area (TPSA) is 40.2 Å². The molecule has 1 aromatic carbocycles. The molecule has 4 heteroatoms. The molecule has 4 nitrogen and oxygen atoms in total. The number of aromatic nitrogens is 1. The standard InChI is InChI=1S/C32H38N4/c1-5-26-12-14-28(15-13-26)27(6-2)18-19-33-24(3)29-10-9-11-30(22-29)25(4)35-31-16-17-32(34-23-31)36-20-7-8-21-36/h1,9-12,14-17,22-23,26-27,33,35H,3-4,6-8,13,18-21H2,2H3. The van der Waals surface area contributed by atoms with Crippen molar-refractivity contribution in [3.05, 3.63) is 90.7 Å². The van der Waals surface area contributed by atoms with E-state index in [0.29, 0.717) is 5.92 Å². The van der Waals surface area contributed by atoms with Gasteiger partial charge < -0.3 is 15.5 Å². The Labute approximate surface area is 216 Å². The number of hydrogen-bond acceptors (Lipinski definition) is 4. The quantitative estimate of drug-likeness (QED) is 0.346. The fourth-order valence-corrected chi connectivity index (χ4v) is 4.90. The number of terminal acetylenes is 1. The molecule has 2 aromatic rings. The number of benzene rings is 1. The molecule has 4 rings (SSSR count). The van der Waals surface area contributed by atoms with Gasteiger partial charge in [-0.15, -0.1) is 6.42 Å². The second-order valence-corrected chi connectivity index (χ2v) is 9.65. The maximum atomic E-state index is 5.56. The molecule has 2 heterocycles. The van der Waals surface area contributed by atoms with Crippen LogP contribution in [0.1, 0.15) is 50.2 Å². The summed E-state index contributed by atoms with van der Waals surface area (Å²) in [5, 5.41) is 6.93. The lowest BCUT2D eigenvalue weighted by atomic mass is 9.86. The Hall–Kier alpha value is -3.71. The van der Waals surface area contributed by atoms with Crippen LogP contribution in [0.5, 0.6) is 0 Å². The summed E-state index contributed by atoms with van der Waals surface area (Å²) < 4.78 is 0. The van der Waals surface area contributed by atoms with Gasteiger partial charge in [0.2, 0.25) is 0 Å². The van der Waals surface area contributed by atoms with Gasteiger partial charge in [0.25, 0.3) is 0 Å². The van der Waals surface area contributed by atoms with Crippen molar-refractivity contribution in [3.63, 3.8) is 0 Å². The summed E-state index contributed by atoms with van der Waals surface area (Å²) in [6.07, 6.45) is 19.7. The van der Waals surface area contributed by atoms with E-state index in [1.165, 1.54) is 18.4 Å². The molecule has 2 unspecified atom stereocenters. The normalized spacial score (nSPS) is 17.7. The van der Waals surface area contributed by atoms with Crippen LogP contribution in [0.2, 0.25) is 0 Å². The third kappa shape index (κ3) is 6.49. The highest BCUT2D eigenvalue weighted by atomic mass is 15.2. The summed E-state index contributed by atoms with van der Waals surface area (Å²) in [5.41, 5.74) is 6.22. The highest BCUT2D eigenvalue weighted by Crippen LogP contribution is 2.27. The molecule has 0 radical (unpaired) electrons. The van der Waals surface area contributed by atoms with Crippen molar-refractivity contribution in [1.29, 1.82) is 0 Å². The largest absolute Gasteiger partial charge is 0.385 e. The Bertz CT molecular complexity index is 1160. The Morgan fingerprint density at radius 3 is 2.58 bits per heavy atom. The number of hydrogen-bond donors (Lipinski definition) is 2. The van der Waals surface area contributed by atoms with Crippen LogP contribution in [0.3, 0.4) is 0 Å². The summed E-state index contributed by atoms with van der Waals surface area (Å²) >= 11 is 0. The third-order valence-corrected chi connectivity index (χ3v) is 7.17. The second kappa shape index (κ2) is 12.3. The molecule has 0 bridgehead atoms. The highest BCUT2D eigenvalue weighted by molar-refractivity contribution is 5.77. The van der Waals surface area contributed by atoms with Crippen LogP contribution < -0.4 is 15.5 Å². The Balaban J connectivity index is 1.29. The van der Waals surface area contributed by atoms with Crippen molar-refractivity contribution in [2.24, 2.45) is 11.8 Å². The lowest BCUT2D eigenvalue weighted by Crippen LogP contribution is -2.18. The molecular weight excluding hydrogens is 440 g/mol. The number of anilines is 2. The number of pyridine rings is 1. The molecule has 36 heavy (non-hydrogen) atoms. The van der Waals surface area contributed by atoms with Gasteiger partial charge in [0.1, 0.15) is 5.82 Å². The van der Waals surface area contributed by atoms with Gasteiger partial charge in [-0.1, -0.05) is 62.4 Å². The Morgan fingerprint density at radius 2 is 1.94 bits per heavy atom. The highest BCUT2D eigenvalue weighted by Gasteiger charge is 2.15. The van der Waals surface area contributed by atoms with Gasteiger partial charge >= 0.3 is 0 Å². The van der Waals surface area contributed by atoms with Gasteiger partial charge in [-0.3, -0.25) is 0 Å². The van der Waals surface area contributed by atoms with Crippen LogP contribution >= 0.6 is 0 Å². The lowest BCUT2D eigenvalue weighted by Gasteiger charge is -2.21. The van der Waals surface area contributed by atoms with Crippen molar-refractivity contribution >= 4 is 22.9 Å². The van der Waals surface area contributed by atoms with Crippen molar-refractivity contribution in [2.45, 2.75) is 39.0 Å². The molecule has 0 saturated carbocycles. The van der Waals surface area contributed by atoms with E-state index in [1.54, 1.807) is 0 Å². The first-order valence-corrected chi connectivity index (χ1v) is 13.1. The lowest BCUT2D eigenvalue weighted by molar-refractivity contribution is 0.538. The van der Waals surface area contributed by atoms with E-state index in [0.717, 1.165) is 72.9 Å². The minimum absolute atomic E-state index is 0.242. The number of rotatable bonds is 11. The van der Waals surface area contributed by atoms with Crippen molar-refractivity contribution in [3.8, 4) is 12.3 Å². The van der Waals surface area contributed by atoms with Gasteiger partial charge in [-0.25, -0.2) is 4.98 Å². The van der Waals surface area contributed by atoms with Gasteiger partial charge in [0.15, 0.2) is 0 Å². The fourth-order valence-electron chi connectivity index (χ4n) is 4.90. The molecule has 1 aliphatic heterocycles. The zero-order chi connectivity index (χ0) is 25.3. The first-order valence-electron chi connectivity index (χ1n) is 13.1. The number of nitrogens with zero attached hydrogens (tertiary/aromatic N) is 2. The van der Waals surface area contributed by atoms with Crippen molar-refractivity contribution in [2.75, 3.05) is 29.9 Å². The van der Waals surface area contributed by atoms with E-state index in [4.69, 9.17) is 6.42 Å². The number of nitrogens with one attached hydrogen (secondary N) is 2. The zero-order valence-corrected chi connectivity index (χ0v) is 21.5. The summed E-state index contributed by atoms with van der Waals surface area (Å²) in [6.45, 7) is 13.9.